The number of allylic oxidation sites excluding steroid dienone is 1. The van der Waals surface area contributed by atoms with Crippen LogP contribution in [0.2, 0.25) is 0 Å². The zero-order valence-corrected chi connectivity index (χ0v) is 12.5. The van der Waals surface area contributed by atoms with E-state index in [9.17, 15) is 9.90 Å². The highest BCUT2D eigenvalue weighted by molar-refractivity contribution is 6.12. The predicted molar refractivity (Wildman–Crippen MR) is 90.3 cm³/mol. The number of rotatable bonds is 6. The average Bonchev–Trinajstić information content (AvgIpc) is 3.30. The van der Waals surface area contributed by atoms with Crippen LogP contribution in [0.5, 0.6) is 5.75 Å². The zero-order valence-electron chi connectivity index (χ0n) is 12.5. The minimum Gasteiger partial charge on any atom is -0.490 e. The van der Waals surface area contributed by atoms with Gasteiger partial charge in [-0.2, -0.15) is 0 Å². The lowest BCUT2D eigenvalue weighted by molar-refractivity contribution is -0.132. The number of carboxylic acid groups (broad SMARTS) is 1. The second-order valence-corrected chi connectivity index (χ2v) is 5.36. The van der Waals surface area contributed by atoms with Gasteiger partial charge in [0.05, 0.1) is 5.57 Å². The van der Waals surface area contributed by atoms with Crippen LogP contribution in [0.25, 0.3) is 5.57 Å². The summed E-state index contributed by atoms with van der Waals surface area (Å²) < 4.78 is 5.45. The number of anilines is 1. The monoisotopic (exact) mass is 307 g/mol. The summed E-state index contributed by atoms with van der Waals surface area (Å²) in [7, 11) is 0. The average molecular weight is 307 g/mol. The molecule has 0 saturated carbocycles. The van der Waals surface area contributed by atoms with Crippen molar-refractivity contribution in [2.24, 2.45) is 0 Å². The number of nitrogens with two attached hydrogens (primary N) is 1. The van der Waals surface area contributed by atoms with Gasteiger partial charge >= 0.3 is 5.97 Å². The number of benzene rings is 2. The Labute approximate surface area is 134 Å². The SMILES string of the molecule is C=CCOc1ccc(C2C(C(=O)O)=C2c2ccc(N)cc2)cc1. The van der Waals surface area contributed by atoms with Crippen LogP contribution >= 0.6 is 0 Å². The highest BCUT2D eigenvalue weighted by Gasteiger charge is 2.43. The second kappa shape index (κ2) is 6.01. The Balaban J connectivity index is 1.84. The molecule has 3 N–H and O–H groups in total. The third-order valence-corrected chi connectivity index (χ3v) is 3.82. The van der Waals surface area contributed by atoms with Gasteiger partial charge in [-0.1, -0.05) is 36.9 Å². The summed E-state index contributed by atoms with van der Waals surface area (Å²) in [5.41, 5.74) is 9.48. The Morgan fingerprint density at radius 2 is 1.83 bits per heavy atom. The normalized spacial score (nSPS) is 16.1. The van der Waals surface area contributed by atoms with Crippen LogP contribution < -0.4 is 10.5 Å². The Morgan fingerprint density at radius 1 is 1.17 bits per heavy atom. The van der Waals surface area contributed by atoms with E-state index in [0.29, 0.717) is 17.9 Å². The summed E-state index contributed by atoms with van der Waals surface area (Å²) in [5, 5.41) is 9.42. The smallest absolute Gasteiger partial charge is 0.332 e. The van der Waals surface area contributed by atoms with E-state index in [-0.39, 0.29) is 5.92 Å². The molecule has 1 aliphatic rings. The van der Waals surface area contributed by atoms with Gasteiger partial charge in [-0.15, -0.1) is 0 Å². The van der Waals surface area contributed by atoms with Crippen molar-refractivity contribution in [3.05, 3.63) is 77.9 Å². The summed E-state index contributed by atoms with van der Waals surface area (Å²) in [6, 6.07) is 14.8. The van der Waals surface area contributed by atoms with Crippen LogP contribution in [-0.4, -0.2) is 17.7 Å². The van der Waals surface area contributed by atoms with Gasteiger partial charge in [0.1, 0.15) is 12.4 Å². The first-order valence-corrected chi connectivity index (χ1v) is 7.28. The van der Waals surface area contributed by atoms with Gasteiger partial charge in [0.25, 0.3) is 0 Å². The zero-order chi connectivity index (χ0) is 16.4. The van der Waals surface area contributed by atoms with Crippen LogP contribution in [0.15, 0.2) is 66.8 Å². The number of aliphatic carboxylic acids is 1. The van der Waals surface area contributed by atoms with Crippen molar-refractivity contribution < 1.29 is 14.6 Å². The van der Waals surface area contributed by atoms with Crippen molar-refractivity contribution in [3.8, 4) is 5.75 Å². The van der Waals surface area contributed by atoms with Gasteiger partial charge in [-0.25, -0.2) is 4.79 Å². The fourth-order valence-corrected chi connectivity index (χ4v) is 2.69. The van der Waals surface area contributed by atoms with Crippen molar-refractivity contribution in [3.63, 3.8) is 0 Å². The fourth-order valence-electron chi connectivity index (χ4n) is 2.69. The number of nitrogen functional groups attached to an aromatic ring is 1. The topological polar surface area (TPSA) is 72.5 Å². The molecule has 0 fully saturated rings. The molecule has 0 spiro atoms. The maximum absolute atomic E-state index is 11.5. The lowest BCUT2D eigenvalue weighted by Gasteiger charge is -2.06. The quantitative estimate of drug-likeness (QED) is 0.633. The summed E-state index contributed by atoms with van der Waals surface area (Å²) >= 11 is 0. The Kier molecular flexibility index (Phi) is 3.89. The number of hydrogen-bond donors (Lipinski definition) is 2. The van der Waals surface area contributed by atoms with Crippen LogP contribution in [-0.2, 0) is 4.79 Å². The molecule has 0 aliphatic heterocycles. The third kappa shape index (κ3) is 2.97. The van der Waals surface area contributed by atoms with Gasteiger partial charge in [0.15, 0.2) is 0 Å². The molecule has 0 saturated heterocycles. The maximum atomic E-state index is 11.5. The third-order valence-electron chi connectivity index (χ3n) is 3.82. The van der Waals surface area contributed by atoms with E-state index in [0.717, 1.165) is 22.4 Å². The molecule has 0 aromatic heterocycles. The molecule has 0 radical (unpaired) electrons. The molecular weight excluding hydrogens is 290 g/mol. The highest BCUT2D eigenvalue weighted by Crippen LogP contribution is 2.54. The summed E-state index contributed by atoms with van der Waals surface area (Å²) in [6.45, 7) is 4.05. The van der Waals surface area contributed by atoms with Crippen LogP contribution in [0, 0.1) is 0 Å². The molecule has 2 aromatic carbocycles. The molecule has 0 bridgehead atoms. The van der Waals surface area contributed by atoms with E-state index >= 15 is 0 Å². The van der Waals surface area contributed by atoms with Gasteiger partial charge in [0.2, 0.25) is 0 Å². The van der Waals surface area contributed by atoms with E-state index in [1.807, 2.05) is 36.4 Å². The van der Waals surface area contributed by atoms with E-state index in [1.54, 1.807) is 18.2 Å². The standard InChI is InChI=1S/C19H17NO3/c1-2-11-23-15-9-5-13(6-10-15)17-16(18(17)19(21)22)12-3-7-14(20)8-4-12/h2-10,17H,1,11,20H2,(H,21,22). The molecule has 4 nitrogen and oxygen atoms in total. The Morgan fingerprint density at radius 3 is 2.39 bits per heavy atom. The number of ether oxygens (including phenoxy) is 1. The van der Waals surface area contributed by atoms with Gasteiger partial charge in [0, 0.05) is 11.6 Å². The number of hydrogen-bond acceptors (Lipinski definition) is 3. The molecule has 2 aromatic rings. The predicted octanol–water partition coefficient (Wildman–Crippen LogP) is 3.47. The molecule has 0 heterocycles. The Bertz CT molecular complexity index is 773. The summed E-state index contributed by atoms with van der Waals surface area (Å²) in [6.07, 6.45) is 1.68. The van der Waals surface area contributed by atoms with Crippen molar-refractivity contribution in [1.29, 1.82) is 0 Å². The van der Waals surface area contributed by atoms with Crippen molar-refractivity contribution in [2.75, 3.05) is 12.3 Å². The van der Waals surface area contributed by atoms with E-state index in [4.69, 9.17) is 10.5 Å². The second-order valence-electron chi connectivity index (χ2n) is 5.36. The van der Waals surface area contributed by atoms with Gasteiger partial charge < -0.3 is 15.6 Å². The highest BCUT2D eigenvalue weighted by atomic mass is 16.5. The van der Waals surface area contributed by atoms with Crippen molar-refractivity contribution in [2.45, 2.75) is 5.92 Å². The largest absolute Gasteiger partial charge is 0.490 e. The molecule has 116 valence electrons. The number of carboxylic acids is 1. The van der Waals surface area contributed by atoms with Crippen molar-refractivity contribution >= 4 is 17.2 Å². The van der Waals surface area contributed by atoms with Crippen LogP contribution in [0.1, 0.15) is 17.0 Å². The first-order valence-electron chi connectivity index (χ1n) is 7.28. The molecule has 0 amide bonds. The lowest BCUT2D eigenvalue weighted by Crippen LogP contribution is -1.96. The summed E-state index contributed by atoms with van der Waals surface area (Å²) in [4.78, 5) is 11.5. The molecule has 4 heteroatoms. The van der Waals surface area contributed by atoms with Gasteiger partial charge in [-0.3, -0.25) is 0 Å². The molecule has 1 aliphatic carbocycles. The molecular formula is C19H17NO3. The molecule has 23 heavy (non-hydrogen) atoms. The lowest BCUT2D eigenvalue weighted by atomic mass is 10.0. The molecule has 3 rings (SSSR count). The van der Waals surface area contributed by atoms with E-state index < -0.39 is 5.97 Å². The summed E-state index contributed by atoms with van der Waals surface area (Å²) in [5.74, 6) is -0.321. The maximum Gasteiger partial charge on any atom is 0.332 e. The first-order chi connectivity index (χ1) is 11.1. The van der Waals surface area contributed by atoms with E-state index in [2.05, 4.69) is 6.58 Å². The molecule has 1 unspecified atom stereocenters. The minimum absolute atomic E-state index is 0.176. The van der Waals surface area contributed by atoms with Crippen LogP contribution in [0.3, 0.4) is 0 Å². The van der Waals surface area contributed by atoms with Crippen molar-refractivity contribution in [1.82, 2.24) is 0 Å². The fraction of sp³-hybridized carbons (Fsp3) is 0.105. The van der Waals surface area contributed by atoms with Crippen LogP contribution in [0.4, 0.5) is 5.69 Å². The first kappa shape index (κ1) is 14.9. The van der Waals surface area contributed by atoms with Gasteiger partial charge in [-0.05, 0) is 41.0 Å². The minimum atomic E-state index is -0.881. The number of carbonyl (C=O) groups is 1. The Hall–Kier alpha value is -3.01. The molecule has 1 atom stereocenters. The van der Waals surface area contributed by atoms with E-state index in [1.165, 1.54) is 0 Å².